The second-order valence-electron chi connectivity index (χ2n) is 6.73. The second-order valence-corrected chi connectivity index (χ2v) is 6.73. The smallest absolute Gasteiger partial charge is 0.138 e. The van der Waals surface area contributed by atoms with Crippen molar-refractivity contribution >= 4 is 0 Å². The first-order valence-corrected chi connectivity index (χ1v) is 8.26. The minimum Gasteiger partial charge on any atom is -0.508 e. The van der Waals surface area contributed by atoms with Gasteiger partial charge in [0.1, 0.15) is 29.1 Å². The molecule has 3 atom stereocenters. The summed E-state index contributed by atoms with van der Waals surface area (Å²) in [4.78, 5) is 0. The third kappa shape index (κ3) is 2.51. The summed E-state index contributed by atoms with van der Waals surface area (Å²) in [6.07, 6.45) is -0.737. The molecule has 5 nitrogen and oxygen atoms in total. The van der Waals surface area contributed by atoms with Crippen LogP contribution in [-0.4, -0.2) is 28.0 Å². The van der Waals surface area contributed by atoms with Crippen LogP contribution in [0.5, 0.6) is 23.0 Å². The van der Waals surface area contributed by atoms with Crippen molar-refractivity contribution in [2.45, 2.75) is 31.5 Å². The van der Waals surface area contributed by atoms with Gasteiger partial charge in [-0.25, -0.2) is 0 Å². The van der Waals surface area contributed by atoms with Crippen LogP contribution in [0.25, 0.3) is 0 Å². The van der Waals surface area contributed by atoms with Crippen molar-refractivity contribution in [2.75, 3.05) is 6.61 Å². The van der Waals surface area contributed by atoms with E-state index in [4.69, 9.17) is 9.47 Å². The van der Waals surface area contributed by atoms with E-state index in [9.17, 15) is 15.3 Å². The first kappa shape index (κ1) is 15.8. The molecule has 2 aromatic rings. The first-order chi connectivity index (χ1) is 12.0. The van der Waals surface area contributed by atoms with E-state index >= 15 is 0 Å². The highest BCUT2D eigenvalue weighted by Gasteiger charge is 2.42. The molecule has 2 unspecified atom stereocenters. The predicted molar refractivity (Wildman–Crippen MR) is 92.3 cm³/mol. The Balaban J connectivity index is 1.75. The minimum atomic E-state index is -0.746. The van der Waals surface area contributed by atoms with Gasteiger partial charge in [-0.1, -0.05) is 18.2 Å². The molecule has 0 spiro atoms. The van der Waals surface area contributed by atoms with Crippen molar-refractivity contribution < 1.29 is 24.8 Å². The number of fused-ring (bicyclic) bond motifs is 5. The molecule has 0 fully saturated rings. The second kappa shape index (κ2) is 5.70. The maximum absolute atomic E-state index is 10.3. The molecular formula is C20H20O5. The van der Waals surface area contributed by atoms with E-state index in [0.29, 0.717) is 29.2 Å². The van der Waals surface area contributed by atoms with Crippen LogP contribution in [0.2, 0.25) is 0 Å². The van der Waals surface area contributed by atoms with Crippen molar-refractivity contribution in [2.24, 2.45) is 0 Å². The van der Waals surface area contributed by atoms with Crippen LogP contribution < -0.4 is 9.47 Å². The zero-order chi connectivity index (χ0) is 17.7. The molecule has 0 saturated carbocycles. The molecule has 0 radical (unpaired) electrons. The maximum Gasteiger partial charge on any atom is 0.138 e. The number of ether oxygens (including phenoxy) is 2. The lowest BCUT2D eigenvalue weighted by atomic mass is 9.88. The molecule has 0 amide bonds. The van der Waals surface area contributed by atoms with Crippen LogP contribution in [0.3, 0.4) is 0 Å². The summed E-state index contributed by atoms with van der Waals surface area (Å²) >= 11 is 0. The number of hydrogen-bond acceptors (Lipinski definition) is 5. The van der Waals surface area contributed by atoms with Crippen LogP contribution in [0, 0.1) is 0 Å². The summed E-state index contributed by atoms with van der Waals surface area (Å²) in [6.45, 7) is 5.95. The Bertz CT molecular complexity index is 857. The molecule has 2 aliphatic heterocycles. The number of phenols is 2. The van der Waals surface area contributed by atoms with Crippen LogP contribution >= 0.6 is 0 Å². The lowest BCUT2D eigenvalue weighted by molar-refractivity contribution is 0.137. The Morgan fingerprint density at radius 1 is 1.24 bits per heavy atom. The van der Waals surface area contributed by atoms with Gasteiger partial charge in [0.15, 0.2) is 0 Å². The lowest BCUT2D eigenvalue weighted by Gasteiger charge is -2.27. The largest absolute Gasteiger partial charge is 0.508 e. The highest BCUT2D eigenvalue weighted by atomic mass is 16.5. The standard InChI is InChI=1S/C20H20O5/c1-10(2)17(23)8-14-16(22)6-5-12-15-9-24-18-7-11(21)3-4-13(18)20(15)25-19(12)14/h3-7,15,17,20-23H,1,8-9H2,2H3/t15?,17-,20?/m1/s1. The monoisotopic (exact) mass is 340 g/mol. The van der Waals surface area contributed by atoms with Gasteiger partial charge in [-0.2, -0.15) is 0 Å². The summed E-state index contributed by atoms with van der Waals surface area (Å²) in [5, 5.41) is 30.1. The van der Waals surface area contributed by atoms with E-state index in [2.05, 4.69) is 6.58 Å². The van der Waals surface area contributed by atoms with Gasteiger partial charge < -0.3 is 24.8 Å². The number of benzene rings is 2. The SMILES string of the molecule is C=C(C)[C@H](O)Cc1c(O)ccc2c1OC1c3ccc(O)cc3OCC21. The Morgan fingerprint density at radius 3 is 2.76 bits per heavy atom. The topological polar surface area (TPSA) is 79.2 Å². The fourth-order valence-corrected chi connectivity index (χ4v) is 3.52. The third-order valence-electron chi connectivity index (χ3n) is 4.96. The summed E-state index contributed by atoms with van der Waals surface area (Å²) in [5.41, 5.74) is 3.06. The molecule has 5 heteroatoms. The van der Waals surface area contributed by atoms with E-state index in [-0.39, 0.29) is 29.9 Å². The molecule has 2 heterocycles. The van der Waals surface area contributed by atoms with E-state index in [0.717, 1.165) is 11.1 Å². The van der Waals surface area contributed by atoms with E-state index < -0.39 is 6.10 Å². The molecule has 0 aliphatic carbocycles. The lowest BCUT2D eigenvalue weighted by Crippen LogP contribution is -2.23. The molecule has 2 aromatic carbocycles. The van der Waals surface area contributed by atoms with Gasteiger partial charge in [-0.05, 0) is 25.1 Å². The molecule has 25 heavy (non-hydrogen) atoms. The quantitative estimate of drug-likeness (QED) is 0.748. The van der Waals surface area contributed by atoms with Gasteiger partial charge in [0.25, 0.3) is 0 Å². The van der Waals surface area contributed by atoms with Gasteiger partial charge in [-0.15, -0.1) is 0 Å². The summed E-state index contributed by atoms with van der Waals surface area (Å²) in [5.74, 6) is 1.48. The molecule has 4 rings (SSSR count). The number of rotatable bonds is 3. The molecular weight excluding hydrogens is 320 g/mol. The zero-order valence-electron chi connectivity index (χ0n) is 13.9. The Kier molecular flexibility index (Phi) is 3.62. The van der Waals surface area contributed by atoms with Crippen molar-refractivity contribution in [3.8, 4) is 23.0 Å². The Hall–Kier alpha value is -2.66. The van der Waals surface area contributed by atoms with Crippen LogP contribution in [0.1, 0.15) is 35.6 Å². The van der Waals surface area contributed by atoms with Gasteiger partial charge in [0, 0.05) is 29.2 Å². The molecule has 3 N–H and O–H groups in total. The molecule has 130 valence electrons. The van der Waals surface area contributed by atoms with E-state index in [1.807, 2.05) is 6.07 Å². The Morgan fingerprint density at radius 2 is 2.00 bits per heavy atom. The minimum absolute atomic E-state index is 0.00774. The van der Waals surface area contributed by atoms with Crippen molar-refractivity contribution in [1.82, 2.24) is 0 Å². The number of phenolic OH excluding ortho intramolecular Hbond substituents is 2. The average molecular weight is 340 g/mol. The van der Waals surface area contributed by atoms with Crippen molar-refractivity contribution in [3.05, 3.63) is 59.2 Å². The zero-order valence-corrected chi connectivity index (χ0v) is 13.9. The normalized spacial score (nSPS) is 21.4. The predicted octanol–water partition coefficient (Wildman–Crippen LogP) is 3.19. The van der Waals surface area contributed by atoms with Crippen LogP contribution in [0.15, 0.2) is 42.5 Å². The third-order valence-corrected chi connectivity index (χ3v) is 4.96. The van der Waals surface area contributed by atoms with Gasteiger partial charge in [0.05, 0.1) is 18.6 Å². The molecule has 2 aliphatic rings. The number of aliphatic hydroxyl groups is 1. The van der Waals surface area contributed by atoms with Crippen LogP contribution in [0.4, 0.5) is 0 Å². The van der Waals surface area contributed by atoms with E-state index in [1.165, 1.54) is 0 Å². The first-order valence-electron chi connectivity index (χ1n) is 8.26. The van der Waals surface area contributed by atoms with Crippen LogP contribution in [-0.2, 0) is 6.42 Å². The molecule has 0 bridgehead atoms. The van der Waals surface area contributed by atoms with Gasteiger partial charge in [-0.3, -0.25) is 0 Å². The highest BCUT2D eigenvalue weighted by molar-refractivity contribution is 5.57. The average Bonchev–Trinajstić information content (AvgIpc) is 2.95. The number of aliphatic hydroxyl groups excluding tert-OH is 1. The number of hydrogen-bond donors (Lipinski definition) is 3. The molecule has 0 aromatic heterocycles. The van der Waals surface area contributed by atoms with Gasteiger partial charge in [0.2, 0.25) is 0 Å². The number of aromatic hydroxyl groups is 2. The summed E-state index contributed by atoms with van der Waals surface area (Å²) in [6, 6.07) is 8.48. The maximum atomic E-state index is 10.3. The van der Waals surface area contributed by atoms with E-state index in [1.54, 1.807) is 31.2 Å². The van der Waals surface area contributed by atoms with Gasteiger partial charge >= 0.3 is 0 Å². The van der Waals surface area contributed by atoms with Crippen molar-refractivity contribution in [3.63, 3.8) is 0 Å². The fourth-order valence-electron chi connectivity index (χ4n) is 3.52. The Labute approximate surface area is 145 Å². The molecule has 0 saturated heterocycles. The fraction of sp³-hybridized carbons (Fsp3) is 0.300. The van der Waals surface area contributed by atoms with Crippen molar-refractivity contribution in [1.29, 1.82) is 0 Å². The summed E-state index contributed by atoms with van der Waals surface area (Å²) < 4.78 is 12.0. The highest BCUT2D eigenvalue weighted by Crippen LogP contribution is 2.53. The summed E-state index contributed by atoms with van der Waals surface area (Å²) in [7, 11) is 0.